The molecular weight excluding hydrogens is 429 g/mol. The van der Waals surface area contributed by atoms with Crippen molar-refractivity contribution in [2.75, 3.05) is 7.11 Å². The van der Waals surface area contributed by atoms with Crippen LogP contribution in [0.4, 0.5) is 13.2 Å². The van der Waals surface area contributed by atoms with Gasteiger partial charge in [0.1, 0.15) is 12.4 Å². The molecule has 33 heavy (non-hydrogen) atoms. The Labute approximate surface area is 189 Å². The van der Waals surface area contributed by atoms with E-state index in [2.05, 4.69) is 0 Å². The third-order valence-electron chi connectivity index (χ3n) is 5.32. The van der Waals surface area contributed by atoms with Crippen LogP contribution in [0.25, 0.3) is 22.3 Å². The van der Waals surface area contributed by atoms with E-state index in [4.69, 9.17) is 14.6 Å². The fourth-order valence-corrected chi connectivity index (χ4v) is 3.48. The van der Waals surface area contributed by atoms with Gasteiger partial charge in [0.05, 0.1) is 13.7 Å². The van der Waals surface area contributed by atoms with E-state index >= 15 is 0 Å². The van der Waals surface area contributed by atoms with Gasteiger partial charge in [-0.05, 0) is 46.5 Å². The highest BCUT2D eigenvalue weighted by atomic mass is 19.2. The molecule has 1 N–H and O–H groups in total. The van der Waals surface area contributed by atoms with E-state index in [0.717, 1.165) is 0 Å². The first kappa shape index (κ1) is 22.4. The molecule has 0 aliphatic carbocycles. The van der Waals surface area contributed by atoms with E-state index in [-0.39, 0.29) is 30.1 Å². The quantitative estimate of drug-likeness (QED) is 0.349. The number of ether oxygens (including phenoxy) is 2. The molecule has 0 fully saturated rings. The van der Waals surface area contributed by atoms with Crippen molar-refractivity contribution in [2.24, 2.45) is 0 Å². The Morgan fingerprint density at radius 2 is 1.24 bits per heavy atom. The minimum Gasteiger partial charge on any atom is -0.494 e. The van der Waals surface area contributed by atoms with Gasteiger partial charge in [-0.25, -0.2) is 13.2 Å². The maximum absolute atomic E-state index is 14.9. The van der Waals surface area contributed by atoms with Crippen molar-refractivity contribution in [3.8, 4) is 33.8 Å². The molecule has 0 saturated heterocycles. The van der Waals surface area contributed by atoms with E-state index in [0.29, 0.717) is 28.0 Å². The number of hydrogen-bond donors (Lipinski definition) is 1. The molecule has 0 atom stereocenters. The van der Waals surface area contributed by atoms with Gasteiger partial charge in [-0.2, -0.15) is 0 Å². The molecular formula is C27H21F3O3. The monoisotopic (exact) mass is 450 g/mol. The molecule has 0 amide bonds. The second-order valence-electron chi connectivity index (χ2n) is 7.43. The first-order chi connectivity index (χ1) is 16.0. The van der Waals surface area contributed by atoms with Crippen LogP contribution in [0.5, 0.6) is 11.5 Å². The number of methoxy groups -OCH3 is 1. The summed E-state index contributed by atoms with van der Waals surface area (Å²) in [7, 11) is 1.40. The number of hydrogen-bond acceptors (Lipinski definition) is 3. The second kappa shape index (κ2) is 9.79. The van der Waals surface area contributed by atoms with Crippen molar-refractivity contribution < 1.29 is 27.8 Å². The number of aliphatic hydroxyl groups is 1. The standard InChI is InChI=1S/C27H21F3O3/c1-32-25-13-4-18(14-24(25)28)16-33-21-9-7-20(8-10-21)23-12-11-22(26(29)27(23)30)19-5-2-17(15-31)3-6-19/h2-14,31H,15-16H2,1H3. The largest absolute Gasteiger partial charge is 0.494 e. The number of benzene rings is 4. The lowest BCUT2D eigenvalue weighted by Gasteiger charge is -2.11. The zero-order chi connectivity index (χ0) is 23.4. The van der Waals surface area contributed by atoms with Gasteiger partial charge in [0.25, 0.3) is 0 Å². The van der Waals surface area contributed by atoms with Gasteiger partial charge in [-0.1, -0.05) is 54.6 Å². The summed E-state index contributed by atoms with van der Waals surface area (Å²) in [6, 6.07) is 20.8. The number of halogens is 3. The highest BCUT2D eigenvalue weighted by Crippen LogP contribution is 2.32. The Morgan fingerprint density at radius 3 is 1.76 bits per heavy atom. The molecule has 0 aliphatic rings. The Hall–Kier alpha value is -3.77. The molecule has 0 aliphatic heterocycles. The van der Waals surface area contributed by atoms with Crippen molar-refractivity contribution in [2.45, 2.75) is 13.2 Å². The van der Waals surface area contributed by atoms with Gasteiger partial charge in [0.2, 0.25) is 0 Å². The highest BCUT2D eigenvalue weighted by molar-refractivity contribution is 5.72. The average Bonchev–Trinajstić information content (AvgIpc) is 2.85. The lowest BCUT2D eigenvalue weighted by atomic mass is 9.98. The van der Waals surface area contributed by atoms with Crippen LogP contribution in [0.15, 0.2) is 78.9 Å². The van der Waals surface area contributed by atoms with Crippen molar-refractivity contribution in [1.29, 1.82) is 0 Å². The van der Waals surface area contributed by atoms with Crippen LogP contribution >= 0.6 is 0 Å². The van der Waals surface area contributed by atoms with E-state index in [9.17, 15) is 13.2 Å². The van der Waals surface area contributed by atoms with E-state index in [1.54, 1.807) is 54.6 Å². The van der Waals surface area contributed by atoms with Gasteiger partial charge < -0.3 is 14.6 Å². The van der Waals surface area contributed by atoms with Crippen LogP contribution < -0.4 is 9.47 Å². The predicted octanol–water partition coefficient (Wildman–Crippen LogP) is 6.52. The number of rotatable bonds is 7. The zero-order valence-electron chi connectivity index (χ0n) is 17.8. The van der Waals surface area contributed by atoms with Crippen molar-refractivity contribution in [3.63, 3.8) is 0 Å². The van der Waals surface area contributed by atoms with Gasteiger partial charge >= 0.3 is 0 Å². The molecule has 0 unspecified atom stereocenters. The lowest BCUT2D eigenvalue weighted by Crippen LogP contribution is -1.98. The van der Waals surface area contributed by atoms with Gasteiger partial charge in [-0.15, -0.1) is 0 Å². The van der Waals surface area contributed by atoms with Crippen LogP contribution in [-0.2, 0) is 13.2 Å². The smallest absolute Gasteiger partial charge is 0.167 e. The SMILES string of the molecule is COc1ccc(COc2ccc(-c3ccc(-c4ccc(CO)cc4)c(F)c3F)cc2)cc1F. The summed E-state index contributed by atoms with van der Waals surface area (Å²) in [4.78, 5) is 0. The van der Waals surface area contributed by atoms with Crippen LogP contribution in [0.1, 0.15) is 11.1 Å². The first-order valence-electron chi connectivity index (χ1n) is 10.2. The maximum atomic E-state index is 14.9. The van der Waals surface area contributed by atoms with Crippen LogP contribution in [0.2, 0.25) is 0 Å². The summed E-state index contributed by atoms with van der Waals surface area (Å²) in [5, 5.41) is 9.14. The van der Waals surface area contributed by atoms with Crippen LogP contribution in [0.3, 0.4) is 0 Å². The summed E-state index contributed by atoms with van der Waals surface area (Å²) in [6.07, 6.45) is 0. The molecule has 4 rings (SSSR count). The molecule has 6 heteroatoms. The van der Waals surface area contributed by atoms with Gasteiger partial charge in [-0.3, -0.25) is 0 Å². The topological polar surface area (TPSA) is 38.7 Å². The fourth-order valence-electron chi connectivity index (χ4n) is 3.48. The average molecular weight is 450 g/mol. The minimum atomic E-state index is -0.943. The van der Waals surface area contributed by atoms with Gasteiger partial charge in [0.15, 0.2) is 23.2 Å². The van der Waals surface area contributed by atoms with Crippen LogP contribution in [0, 0.1) is 17.5 Å². The summed E-state index contributed by atoms with van der Waals surface area (Å²) in [5.41, 5.74) is 2.62. The first-order valence-corrected chi connectivity index (χ1v) is 10.2. The molecule has 0 radical (unpaired) electrons. The van der Waals surface area contributed by atoms with E-state index in [1.165, 1.54) is 31.4 Å². The molecule has 0 saturated carbocycles. The predicted molar refractivity (Wildman–Crippen MR) is 120 cm³/mol. The van der Waals surface area contributed by atoms with Crippen molar-refractivity contribution >= 4 is 0 Å². The molecule has 0 bridgehead atoms. The Bertz CT molecular complexity index is 1250. The fraction of sp³-hybridized carbons (Fsp3) is 0.111. The Morgan fingerprint density at radius 1 is 0.697 bits per heavy atom. The van der Waals surface area contributed by atoms with E-state index < -0.39 is 17.5 Å². The molecule has 4 aromatic rings. The van der Waals surface area contributed by atoms with E-state index in [1.807, 2.05) is 0 Å². The minimum absolute atomic E-state index is 0.118. The summed E-state index contributed by atoms with van der Waals surface area (Å²) in [6.45, 7) is 0.0276. The Balaban J connectivity index is 1.50. The number of aliphatic hydroxyl groups excluding tert-OH is 1. The molecule has 0 heterocycles. The summed E-state index contributed by atoms with van der Waals surface area (Å²) >= 11 is 0. The summed E-state index contributed by atoms with van der Waals surface area (Å²) < 4.78 is 54.0. The zero-order valence-corrected chi connectivity index (χ0v) is 17.8. The third-order valence-corrected chi connectivity index (χ3v) is 5.32. The van der Waals surface area contributed by atoms with Crippen molar-refractivity contribution in [3.05, 3.63) is 107 Å². The molecule has 3 nitrogen and oxygen atoms in total. The normalized spacial score (nSPS) is 10.8. The summed E-state index contributed by atoms with van der Waals surface area (Å²) in [5.74, 6) is -1.69. The molecule has 168 valence electrons. The molecule has 0 aromatic heterocycles. The third kappa shape index (κ3) is 4.86. The molecule has 0 spiro atoms. The molecule has 4 aromatic carbocycles. The lowest BCUT2D eigenvalue weighted by molar-refractivity contribution is 0.282. The van der Waals surface area contributed by atoms with Crippen molar-refractivity contribution in [1.82, 2.24) is 0 Å². The maximum Gasteiger partial charge on any atom is 0.167 e. The highest BCUT2D eigenvalue weighted by Gasteiger charge is 2.16. The Kier molecular flexibility index (Phi) is 6.66. The second-order valence-corrected chi connectivity index (χ2v) is 7.43. The van der Waals surface area contributed by atoms with Crippen LogP contribution in [-0.4, -0.2) is 12.2 Å². The van der Waals surface area contributed by atoms with Gasteiger partial charge in [0, 0.05) is 11.1 Å².